The smallest absolute Gasteiger partial charge is 0.216 e. The van der Waals surface area contributed by atoms with Gasteiger partial charge in [0, 0.05) is 25.7 Å². The number of hydrogen-bond donors (Lipinski definition) is 1. The molecular weight excluding hydrogens is 276 g/mol. The Hall–Kier alpha value is 0.120. The molecule has 0 radical (unpaired) electrons. The molecule has 1 saturated heterocycles. The van der Waals surface area contributed by atoms with Crippen LogP contribution in [0, 0.1) is 5.92 Å². The summed E-state index contributed by atoms with van der Waals surface area (Å²) in [6.45, 7) is 5.82. The lowest BCUT2D eigenvalue weighted by molar-refractivity contribution is 0.161. The van der Waals surface area contributed by atoms with E-state index in [0.29, 0.717) is 19.7 Å². The molecule has 0 spiro atoms. The molecule has 0 saturated carbocycles. The molecule has 2 N–H and O–H groups in total. The first-order valence-electron chi connectivity index (χ1n) is 6.28. The van der Waals surface area contributed by atoms with Gasteiger partial charge in [0.2, 0.25) is 10.0 Å². The number of rotatable bonds is 6. The summed E-state index contributed by atoms with van der Waals surface area (Å²) in [6, 6.07) is 0.0555. The maximum absolute atomic E-state index is 12.0. The molecule has 2 unspecified atom stereocenters. The van der Waals surface area contributed by atoms with Gasteiger partial charge < -0.3 is 10.5 Å². The van der Waals surface area contributed by atoms with Crippen LogP contribution in [0.5, 0.6) is 0 Å². The lowest BCUT2D eigenvalue weighted by Gasteiger charge is -2.33. The zero-order valence-corrected chi connectivity index (χ0v) is 12.8. The summed E-state index contributed by atoms with van der Waals surface area (Å²) in [5.41, 5.74) is 5.85. The van der Waals surface area contributed by atoms with Gasteiger partial charge in [0.05, 0.1) is 12.4 Å². The minimum absolute atomic E-state index is 0. The van der Waals surface area contributed by atoms with Crippen LogP contribution in [0.15, 0.2) is 0 Å². The predicted molar refractivity (Wildman–Crippen MR) is 75.5 cm³/mol. The molecule has 1 aliphatic heterocycles. The van der Waals surface area contributed by atoms with Gasteiger partial charge in [-0.15, -0.1) is 12.4 Å². The predicted octanol–water partition coefficient (Wildman–Crippen LogP) is 0.834. The highest BCUT2D eigenvalue weighted by molar-refractivity contribution is 7.89. The molecule has 1 heterocycles. The van der Waals surface area contributed by atoms with Crippen molar-refractivity contribution in [2.75, 3.05) is 32.1 Å². The summed E-state index contributed by atoms with van der Waals surface area (Å²) in [4.78, 5) is 0. The molecule has 2 atom stereocenters. The van der Waals surface area contributed by atoms with Crippen LogP contribution in [0.2, 0.25) is 0 Å². The second kappa shape index (κ2) is 8.32. The number of nitrogens with zero attached hydrogens (tertiary/aromatic N) is 1. The van der Waals surface area contributed by atoms with E-state index >= 15 is 0 Å². The van der Waals surface area contributed by atoms with Crippen LogP contribution in [0.4, 0.5) is 0 Å². The Morgan fingerprint density at radius 2 is 2.17 bits per heavy atom. The summed E-state index contributed by atoms with van der Waals surface area (Å²) in [7, 11) is -3.17. The summed E-state index contributed by atoms with van der Waals surface area (Å²) in [5.74, 6) is 0.359. The topological polar surface area (TPSA) is 72.6 Å². The van der Waals surface area contributed by atoms with Crippen LogP contribution in [-0.2, 0) is 14.8 Å². The molecule has 110 valence electrons. The van der Waals surface area contributed by atoms with Gasteiger partial charge >= 0.3 is 0 Å². The van der Waals surface area contributed by atoms with Gasteiger partial charge in [-0.2, -0.15) is 0 Å². The first-order chi connectivity index (χ1) is 7.97. The van der Waals surface area contributed by atoms with E-state index < -0.39 is 10.0 Å². The monoisotopic (exact) mass is 300 g/mol. The van der Waals surface area contributed by atoms with E-state index in [2.05, 4.69) is 0 Å². The SMILES string of the molecule is CCOCCS(=O)(=O)N1CCCC(C(C)N)C1.Cl. The van der Waals surface area contributed by atoms with Crippen LogP contribution in [-0.4, -0.2) is 50.8 Å². The Morgan fingerprint density at radius 3 is 2.72 bits per heavy atom. The lowest BCUT2D eigenvalue weighted by Crippen LogP contribution is -2.46. The summed E-state index contributed by atoms with van der Waals surface area (Å²) in [5, 5.41) is 0. The van der Waals surface area contributed by atoms with Crippen molar-refractivity contribution in [1.29, 1.82) is 0 Å². The second-order valence-corrected chi connectivity index (χ2v) is 6.72. The maximum atomic E-state index is 12.0. The Balaban J connectivity index is 0.00000289. The van der Waals surface area contributed by atoms with E-state index in [1.165, 1.54) is 0 Å². The van der Waals surface area contributed by atoms with Crippen LogP contribution in [0.25, 0.3) is 0 Å². The zero-order chi connectivity index (χ0) is 12.9. The molecular formula is C11H25ClN2O3S. The standard InChI is InChI=1S/C11H24N2O3S.ClH/c1-3-16-7-8-17(14,15)13-6-4-5-11(9-13)10(2)12;/h10-11H,3-9,12H2,1-2H3;1H. The molecule has 7 heteroatoms. The van der Waals surface area contributed by atoms with Crippen molar-refractivity contribution in [3.8, 4) is 0 Å². The van der Waals surface area contributed by atoms with Crippen molar-refractivity contribution in [1.82, 2.24) is 4.31 Å². The molecule has 0 amide bonds. The molecule has 0 aromatic heterocycles. The first-order valence-corrected chi connectivity index (χ1v) is 7.89. The number of nitrogens with two attached hydrogens (primary N) is 1. The van der Waals surface area contributed by atoms with E-state index in [1.54, 1.807) is 4.31 Å². The van der Waals surface area contributed by atoms with Gasteiger partial charge in [-0.05, 0) is 32.6 Å². The van der Waals surface area contributed by atoms with E-state index in [4.69, 9.17) is 10.5 Å². The van der Waals surface area contributed by atoms with E-state index in [0.717, 1.165) is 12.8 Å². The van der Waals surface area contributed by atoms with Crippen molar-refractivity contribution in [2.24, 2.45) is 11.7 Å². The van der Waals surface area contributed by atoms with Gasteiger partial charge in [-0.1, -0.05) is 0 Å². The normalized spacial score (nSPS) is 23.4. The average Bonchev–Trinajstić information content (AvgIpc) is 2.29. The highest BCUT2D eigenvalue weighted by Crippen LogP contribution is 2.21. The molecule has 18 heavy (non-hydrogen) atoms. The average molecular weight is 301 g/mol. The third-order valence-corrected chi connectivity index (χ3v) is 5.05. The number of piperidine rings is 1. The molecule has 1 aliphatic rings. The largest absolute Gasteiger partial charge is 0.381 e. The molecule has 0 aromatic carbocycles. The Labute approximate surface area is 117 Å². The van der Waals surface area contributed by atoms with Crippen molar-refractivity contribution in [3.05, 3.63) is 0 Å². The zero-order valence-electron chi connectivity index (χ0n) is 11.2. The minimum Gasteiger partial charge on any atom is -0.381 e. The van der Waals surface area contributed by atoms with Crippen molar-refractivity contribution in [3.63, 3.8) is 0 Å². The Morgan fingerprint density at radius 1 is 1.50 bits per heavy atom. The molecule has 1 fully saturated rings. The van der Waals surface area contributed by atoms with Crippen LogP contribution >= 0.6 is 12.4 Å². The van der Waals surface area contributed by atoms with Crippen molar-refractivity contribution in [2.45, 2.75) is 32.7 Å². The third kappa shape index (κ3) is 5.40. The van der Waals surface area contributed by atoms with Gasteiger partial charge in [0.25, 0.3) is 0 Å². The van der Waals surface area contributed by atoms with Gasteiger partial charge in [-0.3, -0.25) is 0 Å². The molecule has 0 aromatic rings. The van der Waals surface area contributed by atoms with Crippen LogP contribution in [0.1, 0.15) is 26.7 Å². The summed E-state index contributed by atoms with van der Waals surface area (Å²) in [6.07, 6.45) is 1.93. The quantitative estimate of drug-likeness (QED) is 0.738. The third-order valence-electron chi connectivity index (χ3n) is 3.25. The highest BCUT2D eigenvalue weighted by atomic mass is 35.5. The molecule has 5 nitrogen and oxygen atoms in total. The molecule has 1 rings (SSSR count). The molecule has 0 aliphatic carbocycles. The maximum Gasteiger partial charge on any atom is 0.216 e. The van der Waals surface area contributed by atoms with Gasteiger partial charge in [0.1, 0.15) is 0 Å². The lowest BCUT2D eigenvalue weighted by atomic mass is 9.93. The Kier molecular flexibility index (Phi) is 8.38. The van der Waals surface area contributed by atoms with Gasteiger partial charge in [-0.25, -0.2) is 12.7 Å². The Bertz CT molecular complexity index is 322. The van der Waals surface area contributed by atoms with Crippen LogP contribution in [0.3, 0.4) is 0 Å². The second-order valence-electron chi connectivity index (χ2n) is 4.63. The number of sulfonamides is 1. The minimum atomic E-state index is -3.17. The number of ether oxygens (including phenoxy) is 1. The molecule has 0 bridgehead atoms. The van der Waals surface area contributed by atoms with E-state index in [9.17, 15) is 8.42 Å². The number of hydrogen-bond acceptors (Lipinski definition) is 4. The summed E-state index contributed by atoms with van der Waals surface area (Å²) >= 11 is 0. The van der Waals surface area contributed by atoms with E-state index in [-0.39, 0.29) is 36.7 Å². The highest BCUT2D eigenvalue weighted by Gasteiger charge is 2.29. The van der Waals surface area contributed by atoms with Crippen LogP contribution < -0.4 is 5.73 Å². The summed E-state index contributed by atoms with van der Waals surface area (Å²) < 4.78 is 30.7. The van der Waals surface area contributed by atoms with Gasteiger partial charge in [0.15, 0.2) is 0 Å². The van der Waals surface area contributed by atoms with Crippen molar-refractivity contribution < 1.29 is 13.2 Å². The fourth-order valence-corrected chi connectivity index (χ4v) is 3.51. The fraction of sp³-hybridized carbons (Fsp3) is 1.00. The fourth-order valence-electron chi connectivity index (χ4n) is 2.09. The first kappa shape index (κ1) is 18.1. The number of halogens is 1. The van der Waals surface area contributed by atoms with E-state index in [1.807, 2.05) is 13.8 Å². The van der Waals surface area contributed by atoms with Crippen molar-refractivity contribution >= 4 is 22.4 Å².